The summed E-state index contributed by atoms with van der Waals surface area (Å²) in [4.78, 5) is 23.8. The number of hydrogen-bond acceptors (Lipinski definition) is 3. The van der Waals surface area contributed by atoms with Gasteiger partial charge in [0.2, 0.25) is 5.91 Å². The number of urea groups is 1. The van der Waals surface area contributed by atoms with Crippen molar-refractivity contribution in [1.29, 1.82) is 0 Å². The van der Waals surface area contributed by atoms with Crippen LogP contribution in [-0.4, -0.2) is 25.6 Å². The summed E-state index contributed by atoms with van der Waals surface area (Å²) in [6.07, 6.45) is 0.142. The van der Waals surface area contributed by atoms with Crippen molar-refractivity contribution < 1.29 is 14.3 Å². The van der Waals surface area contributed by atoms with Gasteiger partial charge in [0.1, 0.15) is 5.75 Å². The largest absolute Gasteiger partial charge is 0.495 e. The Balaban J connectivity index is 1.77. The molecule has 8 heteroatoms. The number of anilines is 2. The van der Waals surface area contributed by atoms with E-state index in [1.54, 1.807) is 24.3 Å². The third-order valence-electron chi connectivity index (χ3n) is 3.18. The van der Waals surface area contributed by atoms with Gasteiger partial charge in [-0.3, -0.25) is 4.79 Å². The van der Waals surface area contributed by atoms with Crippen molar-refractivity contribution in [2.75, 3.05) is 24.3 Å². The second kappa shape index (κ2) is 9.43. The lowest BCUT2D eigenvalue weighted by molar-refractivity contribution is -0.116. The molecule has 0 bridgehead atoms. The molecule has 0 aliphatic carbocycles. The highest BCUT2D eigenvalue weighted by Crippen LogP contribution is 2.27. The monoisotopic (exact) mass is 469 g/mol. The SMILES string of the molecule is COc1ccc(Br)cc1NC(=O)CCNC(=O)Nc1ccc(Br)cc1. The lowest BCUT2D eigenvalue weighted by Crippen LogP contribution is -2.31. The molecule has 0 atom stereocenters. The molecule has 0 saturated carbocycles. The van der Waals surface area contributed by atoms with E-state index in [0.29, 0.717) is 17.1 Å². The average molecular weight is 471 g/mol. The second-order valence-corrected chi connectivity index (χ2v) is 6.86. The highest BCUT2D eigenvalue weighted by atomic mass is 79.9. The van der Waals surface area contributed by atoms with Crippen LogP contribution in [0.4, 0.5) is 16.2 Å². The minimum absolute atomic E-state index is 0.142. The Morgan fingerprint density at radius 2 is 1.68 bits per heavy atom. The molecule has 2 aromatic carbocycles. The van der Waals surface area contributed by atoms with E-state index in [0.717, 1.165) is 8.95 Å². The maximum Gasteiger partial charge on any atom is 0.319 e. The van der Waals surface area contributed by atoms with E-state index in [2.05, 4.69) is 47.8 Å². The third-order valence-corrected chi connectivity index (χ3v) is 4.20. The summed E-state index contributed by atoms with van der Waals surface area (Å²) in [5, 5.41) is 8.09. The van der Waals surface area contributed by atoms with Crippen LogP contribution in [0.25, 0.3) is 0 Å². The Kier molecular flexibility index (Phi) is 7.27. The third kappa shape index (κ3) is 6.39. The first-order valence-electron chi connectivity index (χ1n) is 7.42. The van der Waals surface area contributed by atoms with Gasteiger partial charge in [0.15, 0.2) is 0 Å². The molecule has 0 saturated heterocycles. The number of ether oxygens (including phenoxy) is 1. The van der Waals surface area contributed by atoms with Crippen molar-refractivity contribution in [1.82, 2.24) is 5.32 Å². The van der Waals surface area contributed by atoms with Crippen molar-refractivity contribution in [3.63, 3.8) is 0 Å². The van der Waals surface area contributed by atoms with Gasteiger partial charge in [-0.25, -0.2) is 4.79 Å². The van der Waals surface area contributed by atoms with Crippen LogP contribution in [0.2, 0.25) is 0 Å². The van der Waals surface area contributed by atoms with Crippen molar-refractivity contribution in [2.24, 2.45) is 0 Å². The summed E-state index contributed by atoms with van der Waals surface area (Å²) in [7, 11) is 1.53. The molecular weight excluding hydrogens is 454 g/mol. The van der Waals surface area contributed by atoms with Gasteiger partial charge in [-0.2, -0.15) is 0 Å². The Morgan fingerprint density at radius 1 is 1.00 bits per heavy atom. The first-order valence-corrected chi connectivity index (χ1v) is 9.00. The zero-order valence-electron chi connectivity index (χ0n) is 13.4. The summed E-state index contributed by atoms with van der Waals surface area (Å²) in [5.74, 6) is 0.345. The Labute approximate surface area is 162 Å². The summed E-state index contributed by atoms with van der Waals surface area (Å²) in [6.45, 7) is 0.213. The Morgan fingerprint density at radius 3 is 2.36 bits per heavy atom. The summed E-state index contributed by atoms with van der Waals surface area (Å²) in [6, 6.07) is 12.2. The summed E-state index contributed by atoms with van der Waals surface area (Å²) < 4.78 is 6.96. The molecule has 0 aliphatic rings. The normalized spacial score (nSPS) is 10.0. The van der Waals surface area contributed by atoms with E-state index in [1.807, 2.05) is 18.2 Å². The molecule has 3 N–H and O–H groups in total. The number of amides is 3. The van der Waals surface area contributed by atoms with Gasteiger partial charge < -0.3 is 20.7 Å². The van der Waals surface area contributed by atoms with Crippen LogP contribution in [0.3, 0.4) is 0 Å². The lowest BCUT2D eigenvalue weighted by atomic mass is 10.2. The minimum atomic E-state index is -0.366. The molecular formula is C17H17Br2N3O3. The van der Waals surface area contributed by atoms with Gasteiger partial charge in [-0.1, -0.05) is 31.9 Å². The molecule has 2 rings (SSSR count). The van der Waals surface area contributed by atoms with Crippen LogP contribution in [0.1, 0.15) is 6.42 Å². The number of carbonyl (C=O) groups excluding carboxylic acids is 2. The Hall–Kier alpha value is -2.06. The minimum Gasteiger partial charge on any atom is -0.495 e. The van der Waals surface area contributed by atoms with Gasteiger partial charge in [-0.15, -0.1) is 0 Å². The van der Waals surface area contributed by atoms with E-state index in [4.69, 9.17) is 4.74 Å². The fourth-order valence-corrected chi connectivity index (χ4v) is 2.61. The first kappa shape index (κ1) is 19.3. The number of hydrogen-bond donors (Lipinski definition) is 3. The smallest absolute Gasteiger partial charge is 0.319 e. The van der Waals surface area contributed by atoms with Crippen LogP contribution in [0.5, 0.6) is 5.75 Å². The molecule has 0 fully saturated rings. The zero-order valence-corrected chi connectivity index (χ0v) is 16.6. The van der Waals surface area contributed by atoms with Crippen molar-refractivity contribution in [2.45, 2.75) is 6.42 Å². The molecule has 0 aliphatic heterocycles. The van der Waals surface area contributed by atoms with Crippen LogP contribution in [0.15, 0.2) is 51.4 Å². The van der Waals surface area contributed by atoms with Gasteiger partial charge in [0, 0.05) is 27.6 Å². The van der Waals surface area contributed by atoms with Crippen LogP contribution in [-0.2, 0) is 4.79 Å². The van der Waals surface area contributed by atoms with E-state index < -0.39 is 0 Å². The Bertz CT molecular complexity index is 751. The van der Waals surface area contributed by atoms with Gasteiger partial charge in [0.25, 0.3) is 0 Å². The molecule has 3 amide bonds. The van der Waals surface area contributed by atoms with Crippen LogP contribution < -0.4 is 20.7 Å². The molecule has 0 heterocycles. The highest BCUT2D eigenvalue weighted by Gasteiger charge is 2.09. The molecule has 25 heavy (non-hydrogen) atoms. The van der Waals surface area contributed by atoms with E-state index in [1.165, 1.54) is 7.11 Å². The summed E-state index contributed by atoms with van der Waals surface area (Å²) in [5.41, 5.74) is 1.24. The maximum absolute atomic E-state index is 12.0. The van der Waals surface area contributed by atoms with E-state index >= 15 is 0 Å². The summed E-state index contributed by atoms with van der Waals surface area (Å²) >= 11 is 6.67. The van der Waals surface area contributed by atoms with Gasteiger partial charge in [0.05, 0.1) is 12.8 Å². The number of rotatable bonds is 6. The van der Waals surface area contributed by atoms with Crippen molar-refractivity contribution >= 4 is 55.2 Å². The number of carbonyl (C=O) groups is 2. The predicted octanol–water partition coefficient (Wildman–Crippen LogP) is 4.37. The molecule has 0 radical (unpaired) electrons. The average Bonchev–Trinajstić information content (AvgIpc) is 2.57. The van der Waals surface area contributed by atoms with Crippen LogP contribution >= 0.6 is 31.9 Å². The van der Waals surface area contributed by atoms with Gasteiger partial charge in [-0.05, 0) is 42.5 Å². The first-order chi connectivity index (χ1) is 12.0. The number of halogens is 2. The molecule has 132 valence electrons. The lowest BCUT2D eigenvalue weighted by Gasteiger charge is -2.11. The number of benzene rings is 2. The van der Waals surface area contributed by atoms with E-state index in [9.17, 15) is 9.59 Å². The fourth-order valence-electron chi connectivity index (χ4n) is 1.99. The molecule has 0 spiro atoms. The molecule has 0 unspecified atom stereocenters. The van der Waals surface area contributed by atoms with E-state index in [-0.39, 0.29) is 24.9 Å². The number of methoxy groups -OCH3 is 1. The molecule has 6 nitrogen and oxygen atoms in total. The standard InChI is InChI=1S/C17H17Br2N3O3/c1-25-15-7-4-12(19)10-14(15)22-16(23)8-9-20-17(24)21-13-5-2-11(18)3-6-13/h2-7,10H,8-9H2,1H3,(H,22,23)(H2,20,21,24). The van der Waals surface area contributed by atoms with Gasteiger partial charge >= 0.3 is 6.03 Å². The molecule has 2 aromatic rings. The zero-order chi connectivity index (χ0) is 18.2. The van der Waals surface area contributed by atoms with Crippen molar-refractivity contribution in [3.8, 4) is 5.75 Å². The number of nitrogens with one attached hydrogen (secondary N) is 3. The quantitative estimate of drug-likeness (QED) is 0.586. The second-order valence-electron chi connectivity index (χ2n) is 5.03. The fraction of sp³-hybridized carbons (Fsp3) is 0.176. The highest BCUT2D eigenvalue weighted by molar-refractivity contribution is 9.10. The predicted molar refractivity (Wildman–Crippen MR) is 105 cm³/mol. The van der Waals surface area contributed by atoms with Crippen molar-refractivity contribution in [3.05, 3.63) is 51.4 Å². The maximum atomic E-state index is 12.0. The molecule has 0 aromatic heterocycles. The van der Waals surface area contributed by atoms with Crippen LogP contribution in [0, 0.1) is 0 Å². The topological polar surface area (TPSA) is 79.5 Å².